The molecule has 2 aromatic rings. The van der Waals surface area contributed by atoms with Crippen molar-refractivity contribution < 1.29 is 4.79 Å². The van der Waals surface area contributed by atoms with E-state index < -0.39 is 0 Å². The predicted molar refractivity (Wildman–Crippen MR) is 78.8 cm³/mol. The normalized spacial score (nSPS) is 10.2. The van der Waals surface area contributed by atoms with Gasteiger partial charge in [0.15, 0.2) is 0 Å². The van der Waals surface area contributed by atoms with Crippen molar-refractivity contribution in [3.63, 3.8) is 0 Å². The minimum atomic E-state index is -0.330. The predicted octanol–water partition coefficient (Wildman–Crippen LogP) is 1.74. The third-order valence-electron chi connectivity index (χ3n) is 2.78. The molecule has 0 saturated carbocycles. The number of anilines is 1. The molecule has 0 saturated heterocycles. The molecule has 5 heteroatoms. The lowest BCUT2D eigenvalue weighted by Crippen LogP contribution is -2.18. The summed E-state index contributed by atoms with van der Waals surface area (Å²) >= 11 is 0. The van der Waals surface area contributed by atoms with Crippen LogP contribution in [0.2, 0.25) is 0 Å². The lowest BCUT2D eigenvalue weighted by atomic mass is 10.2. The molecular formula is C15H17N3O2. The van der Waals surface area contributed by atoms with E-state index in [2.05, 4.69) is 15.6 Å². The van der Waals surface area contributed by atoms with Crippen molar-refractivity contribution in [1.82, 2.24) is 10.3 Å². The Hall–Kier alpha value is -2.40. The minimum absolute atomic E-state index is 0.245. The molecule has 5 nitrogen and oxygen atoms in total. The van der Waals surface area contributed by atoms with Gasteiger partial charge in [0.25, 0.3) is 5.91 Å². The molecule has 0 bridgehead atoms. The second-order valence-electron chi connectivity index (χ2n) is 4.36. The third-order valence-corrected chi connectivity index (χ3v) is 2.78. The van der Waals surface area contributed by atoms with Crippen LogP contribution < -0.4 is 16.2 Å². The molecule has 1 amide bonds. The molecule has 1 aromatic carbocycles. The van der Waals surface area contributed by atoms with Crippen molar-refractivity contribution >= 4 is 11.6 Å². The van der Waals surface area contributed by atoms with Gasteiger partial charge >= 0.3 is 0 Å². The van der Waals surface area contributed by atoms with E-state index in [0.29, 0.717) is 5.69 Å². The van der Waals surface area contributed by atoms with Crippen molar-refractivity contribution in [3.8, 4) is 0 Å². The molecule has 2 rings (SSSR count). The summed E-state index contributed by atoms with van der Waals surface area (Å²) < 4.78 is 0. The average Bonchev–Trinajstić information content (AvgIpc) is 2.45. The van der Waals surface area contributed by atoms with Crippen molar-refractivity contribution in [2.75, 3.05) is 11.9 Å². The van der Waals surface area contributed by atoms with E-state index in [9.17, 15) is 9.59 Å². The fourth-order valence-electron chi connectivity index (χ4n) is 1.81. The van der Waals surface area contributed by atoms with E-state index in [1.807, 2.05) is 31.2 Å². The van der Waals surface area contributed by atoms with Crippen molar-refractivity contribution in [3.05, 3.63) is 64.1 Å². The van der Waals surface area contributed by atoms with Crippen LogP contribution in [0, 0.1) is 0 Å². The van der Waals surface area contributed by atoms with Crippen LogP contribution >= 0.6 is 0 Å². The Morgan fingerprint density at radius 2 is 2.00 bits per heavy atom. The van der Waals surface area contributed by atoms with Crippen molar-refractivity contribution in [2.45, 2.75) is 13.5 Å². The standard InChI is InChI=1S/C15H17N3O2/c1-2-16-10-11-5-3-6-12(9-11)17-15(20)13-7-4-8-14(19)18-13/h3-9,16H,2,10H2,1H3,(H,17,20)(H,18,19). The number of aromatic amines is 1. The number of benzene rings is 1. The van der Waals surface area contributed by atoms with Gasteiger partial charge in [0.1, 0.15) is 5.69 Å². The number of carbonyl (C=O) groups excluding carboxylic acids is 1. The number of carbonyl (C=O) groups is 1. The summed E-state index contributed by atoms with van der Waals surface area (Å²) in [6.07, 6.45) is 0. The van der Waals surface area contributed by atoms with Gasteiger partial charge in [0, 0.05) is 18.3 Å². The molecule has 3 N–H and O–H groups in total. The Morgan fingerprint density at radius 3 is 2.75 bits per heavy atom. The number of hydrogen-bond donors (Lipinski definition) is 3. The topological polar surface area (TPSA) is 74.0 Å². The van der Waals surface area contributed by atoms with Crippen LogP contribution in [0.25, 0.3) is 0 Å². The summed E-state index contributed by atoms with van der Waals surface area (Å²) in [6.45, 7) is 3.68. The summed E-state index contributed by atoms with van der Waals surface area (Å²) in [7, 11) is 0. The highest BCUT2D eigenvalue weighted by atomic mass is 16.2. The van der Waals surface area contributed by atoms with Crippen LogP contribution in [0.15, 0.2) is 47.3 Å². The maximum Gasteiger partial charge on any atom is 0.272 e. The zero-order valence-corrected chi connectivity index (χ0v) is 11.3. The fraction of sp³-hybridized carbons (Fsp3) is 0.200. The van der Waals surface area contributed by atoms with Gasteiger partial charge in [-0.05, 0) is 30.3 Å². The molecule has 0 fully saturated rings. The number of amides is 1. The van der Waals surface area contributed by atoms with Gasteiger partial charge in [-0.2, -0.15) is 0 Å². The first-order valence-electron chi connectivity index (χ1n) is 6.49. The van der Waals surface area contributed by atoms with Gasteiger partial charge < -0.3 is 15.6 Å². The highest BCUT2D eigenvalue weighted by Crippen LogP contribution is 2.11. The molecule has 0 atom stereocenters. The van der Waals surface area contributed by atoms with E-state index in [4.69, 9.17) is 0 Å². The van der Waals surface area contributed by atoms with Gasteiger partial charge in [-0.3, -0.25) is 9.59 Å². The Balaban J connectivity index is 2.09. The van der Waals surface area contributed by atoms with E-state index >= 15 is 0 Å². The lowest BCUT2D eigenvalue weighted by molar-refractivity contribution is 0.102. The smallest absolute Gasteiger partial charge is 0.272 e. The molecule has 104 valence electrons. The van der Waals surface area contributed by atoms with E-state index in [1.54, 1.807) is 12.1 Å². The van der Waals surface area contributed by atoms with Crippen LogP contribution in [0.5, 0.6) is 0 Å². The van der Waals surface area contributed by atoms with Crippen LogP contribution in [0.1, 0.15) is 23.0 Å². The van der Waals surface area contributed by atoms with E-state index in [-0.39, 0.29) is 17.2 Å². The van der Waals surface area contributed by atoms with E-state index in [0.717, 1.165) is 18.7 Å². The highest BCUT2D eigenvalue weighted by molar-refractivity contribution is 6.02. The van der Waals surface area contributed by atoms with Crippen LogP contribution in [0.4, 0.5) is 5.69 Å². The van der Waals surface area contributed by atoms with Gasteiger partial charge in [-0.25, -0.2) is 0 Å². The van der Waals surface area contributed by atoms with Crippen molar-refractivity contribution in [1.29, 1.82) is 0 Å². The third kappa shape index (κ3) is 3.80. The highest BCUT2D eigenvalue weighted by Gasteiger charge is 2.06. The molecule has 0 spiro atoms. The molecular weight excluding hydrogens is 254 g/mol. The largest absolute Gasteiger partial charge is 0.321 e. The van der Waals surface area contributed by atoms with Crippen LogP contribution in [0.3, 0.4) is 0 Å². The Labute approximate surface area is 117 Å². The lowest BCUT2D eigenvalue weighted by Gasteiger charge is -2.07. The fourth-order valence-corrected chi connectivity index (χ4v) is 1.81. The minimum Gasteiger partial charge on any atom is -0.321 e. The number of nitrogens with one attached hydrogen (secondary N) is 3. The first kappa shape index (κ1) is 14.0. The molecule has 0 unspecified atom stereocenters. The van der Waals surface area contributed by atoms with Gasteiger partial charge in [0.05, 0.1) is 0 Å². The van der Waals surface area contributed by atoms with Crippen LogP contribution in [-0.4, -0.2) is 17.4 Å². The Morgan fingerprint density at radius 1 is 1.20 bits per heavy atom. The summed E-state index contributed by atoms with van der Waals surface area (Å²) in [5.41, 5.74) is 1.74. The van der Waals surface area contributed by atoms with Crippen molar-refractivity contribution in [2.24, 2.45) is 0 Å². The molecule has 0 radical (unpaired) electrons. The second kappa shape index (κ2) is 6.68. The quantitative estimate of drug-likeness (QED) is 0.775. The summed E-state index contributed by atoms with van der Waals surface area (Å²) in [4.78, 5) is 25.7. The van der Waals surface area contributed by atoms with Gasteiger partial charge in [-0.1, -0.05) is 25.1 Å². The molecule has 1 aromatic heterocycles. The zero-order chi connectivity index (χ0) is 14.4. The Bertz CT molecular complexity index is 649. The maximum absolute atomic E-state index is 12.0. The second-order valence-corrected chi connectivity index (χ2v) is 4.36. The summed E-state index contributed by atoms with van der Waals surface area (Å²) in [5.74, 6) is -0.330. The number of H-pyrrole nitrogens is 1. The average molecular weight is 271 g/mol. The summed E-state index contributed by atoms with van der Waals surface area (Å²) in [5, 5.41) is 5.99. The number of pyridine rings is 1. The summed E-state index contributed by atoms with van der Waals surface area (Å²) in [6, 6.07) is 12.1. The number of rotatable bonds is 5. The SMILES string of the molecule is CCNCc1cccc(NC(=O)c2cccc(=O)[nH]2)c1. The molecule has 1 heterocycles. The molecule has 0 aliphatic carbocycles. The first-order valence-corrected chi connectivity index (χ1v) is 6.49. The molecule has 0 aliphatic rings. The van der Waals surface area contributed by atoms with E-state index in [1.165, 1.54) is 6.07 Å². The Kier molecular flexibility index (Phi) is 4.68. The van der Waals surface area contributed by atoms with Gasteiger partial charge in [-0.15, -0.1) is 0 Å². The maximum atomic E-state index is 12.0. The van der Waals surface area contributed by atoms with Crippen LogP contribution in [-0.2, 0) is 6.54 Å². The molecule has 20 heavy (non-hydrogen) atoms. The van der Waals surface area contributed by atoms with Gasteiger partial charge in [0.2, 0.25) is 5.56 Å². The number of aromatic nitrogens is 1. The first-order chi connectivity index (χ1) is 9.69. The zero-order valence-electron chi connectivity index (χ0n) is 11.3. The monoisotopic (exact) mass is 271 g/mol. The number of hydrogen-bond acceptors (Lipinski definition) is 3. The molecule has 0 aliphatic heterocycles.